The molecule has 7 aliphatic rings. The zero-order valence-corrected chi connectivity index (χ0v) is 77.2. The van der Waals surface area contributed by atoms with E-state index in [0.29, 0.717) is 83.5 Å². The van der Waals surface area contributed by atoms with Gasteiger partial charge in [-0.25, -0.2) is 4.89 Å². The minimum absolute atomic E-state index is 0.0924. The fourth-order valence-electron chi connectivity index (χ4n) is 14.5. The molecule has 7 aliphatic carbocycles. The first kappa shape index (κ1) is 108. The molecular formula is C90H168O25. The van der Waals surface area contributed by atoms with Gasteiger partial charge in [0.15, 0.2) is 44.0 Å². The first-order chi connectivity index (χ1) is 54.1. The molecule has 4 bridgehead atoms. The van der Waals surface area contributed by atoms with E-state index in [1.807, 2.05) is 138 Å². The van der Waals surface area contributed by atoms with Gasteiger partial charge in [-0.2, -0.15) is 4.89 Å². The number of carbonyl (C=O) groups is 5. The van der Waals surface area contributed by atoms with E-state index in [1.165, 1.54) is 57.8 Å². The van der Waals surface area contributed by atoms with E-state index in [1.54, 1.807) is 13.8 Å². The molecule has 0 aromatic rings. The Morgan fingerprint density at radius 3 is 1.02 bits per heavy atom. The molecular weight excluding hydrogens is 1480 g/mol. The fraction of sp³-hybridized carbons (Fsp3) is 0.944. The Hall–Kier alpha value is -3.25. The Kier molecular flexibility index (Phi) is 52.2. The van der Waals surface area contributed by atoms with Crippen molar-refractivity contribution in [1.82, 2.24) is 0 Å². The van der Waals surface area contributed by atoms with Crippen molar-refractivity contribution in [3.8, 4) is 0 Å². The maximum Gasteiger partial charge on any atom is 0.312 e. The van der Waals surface area contributed by atoms with Crippen molar-refractivity contribution in [2.45, 2.75) is 445 Å². The molecule has 0 aromatic heterocycles. The summed E-state index contributed by atoms with van der Waals surface area (Å²) in [6.07, 6.45) is 26.9. The summed E-state index contributed by atoms with van der Waals surface area (Å²) in [7, 11) is 0. The van der Waals surface area contributed by atoms with Crippen LogP contribution in [0.1, 0.15) is 360 Å². The Balaban J connectivity index is 0.000000511. The second-order valence-electron chi connectivity index (χ2n) is 35.5. The highest BCUT2D eigenvalue weighted by molar-refractivity contribution is 5.77. The van der Waals surface area contributed by atoms with Crippen molar-refractivity contribution in [2.24, 2.45) is 33.0 Å². The van der Waals surface area contributed by atoms with Gasteiger partial charge in [-0.1, -0.05) is 106 Å². The Morgan fingerprint density at radius 1 is 0.330 bits per heavy atom. The highest BCUT2D eigenvalue weighted by Crippen LogP contribution is 2.64. The molecule has 0 aromatic carbocycles. The van der Waals surface area contributed by atoms with Gasteiger partial charge < -0.3 is 85.3 Å². The summed E-state index contributed by atoms with van der Waals surface area (Å²) in [6.45, 7) is 53.9. The normalized spacial score (nSPS) is 22.9. The lowest BCUT2D eigenvalue weighted by atomic mass is 9.50. The summed E-state index contributed by atoms with van der Waals surface area (Å²) < 4.78 is 103. The monoisotopic (exact) mass is 1650 g/mol. The standard InChI is InChI=1S/C32H54O6.C16H32O7.C16H30O4.C14H28O4.C12H24O4/c1-6-29(4,5)28(33)38-32-19-25-17-30(21-32,36-23(2)34-26-13-9-7-10-14-26)20-31(18-25,22-32)37-24(3)35-27-15-11-8-12-16-27;1-8-16(6,7)15(17)20-11-14(21-12(4)18-9-2)23-22-13(5)19-10-3;1-5-16(3,4)15(17)19-12-11-18-13(2)20-14-9-7-6-8-10-14;1-6-8-9-16-12(3)17-10-11-18-13(15)14(4,5)7-2;1-6-12(4,5)11(13)16-9-8-15-10(3)14-7-2/h23-27H,6-22H2,1-5H3;12-14H,8-11H2,1-7H3;13-14H,5-12H2,1-4H3;12H,6-11H2,1-5H3;10H,6-9H2,1-5H3. The highest BCUT2D eigenvalue weighted by atomic mass is 17.2. The predicted octanol–water partition coefficient (Wildman–Crippen LogP) is 19.8. The molecule has 678 valence electrons. The third kappa shape index (κ3) is 42.9. The Bertz CT molecular complexity index is 2550. The molecule has 7 saturated carbocycles. The first-order valence-corrected chi connectivity index (χ1v) is 44.7. The van der Waals surface area contributed by atoms with Gasteiger partial charge in [-0.05, 0) is 241 Å². The van der Waals surface area contributed by atoms with E-state index in [-0.39, 0.29) is 81.1 Å². The molecule has 25 nitrogen and oxygen atoms in total. The zero-order chi connectivity index (χ0) is 86.5. The molecule has 25 heteroatoms. The van der Waals surface area contributed by atoms with Gasteiger partial charge >= 0.3 is 29.8 Å². The second-order valence-corrected chi connectivity index (χ2v) is 35.5. The minimum atomic E-state index is -0.906. The van der Waals surface area contributed by atoms with Crippen LogP contribution in [0.3, 0.4) is 0 Å². The summed E-state index contributed by atoms with van der Waals surface area (Å²) in [5, 5.41) is 0. The maximum atomic E-state index is 13.4. The minimum Gasteiger partial charge on any atom is -0.463 e. The lowest BCUT2D eigenvalue weighted by Gasteiger charge is -2.65. The van der Waals surface area contributed by atoms with Crippen molar-refractivity contribution in [2.75, 3.05) is 72.7 Å². The summed E-state index contributed by atoms with van der Waals surface area (Å²) in [5.74, 6) is -0.516. The van der Waals surface area contributed by atoms with Crippen molar-refractivity contribution < 1.29 is 119 Å². The average molecular weight is 1650 g/mol. The number of hydrogen-bond donors (Lipinski definition) is 0. The van der Waals surface area contributed by atoms with Crippen molar-refractivity contribution in [3.05, 3.63) is 0 Å². The van der Waals surface area contributed by atoms with Crippen LogP contribution < -0.4 is 0 Å². The summed E-state index contributed by atoms with van der Waals surface area (Å²) in [5.41, 5.74) is -3.63. The molecule has 7 fully saturated rings. The van der Waals surface area contributed by atoms with Gasteiger partial charge in [0.2, 0.25) is 6.29 Å². The quantitative estimate of drug-likeness (QED) is 0.0137. The maximum absolute atomic E-state index is 13.4. The van der Waals surface area contributed by atoms with Crippen molar-refractivity contribution in [3.63, 3.8) is 0 Å². The molecule has 0 amide bonds. The smallest absolute Gasteiger partial charge is 0.312 e. The Labute approximate surface area is 696 Å². The Morgan fingerprint density at radius 2 is 0.643 bits per heavy atom. The van der Waals surface area contributed by atoms with Crippen LogP contribution >= 0.6 is 0 Å². The van der Waals surface area contributed by atoms with Crippen LogP contribution in [0.4, 0.5) is 0 Å². The van der Waals surface area contributed by atoms with Gasteiger partial charge in [0.1, 0.15) is 32.0 Å². The predicted molar refractivity (Wildman–Crippen MR) is 443 cm³/mol. The molecule has 10 atom stereocenters. The molecule has 7 rings (SSSR count). The molecule has 0 N–H and O–H groups in total. The number of ether oxygens (including phenoxy) is 18. The topological polar surface area (TPSA) is 270 Å². The average Bonchev–Trinajstić information content (AvgIpc) is 0.700. The van der Waals surface area contributed by atoms with Gasteiger partial charge in [-0.3, -0.25) is 24.0 Å². The molecule has 115 heavy (non-hydrogen) atoms. The van der Waals surface area contributed by atoms with Crippen molar-refractivity contribution >= 4 is 29.8 Å². The fourth-order valence-corrected chi connectivity index (χ4v) is 14.5. The van der Waals surface area contributed by atoms with Crippen LogP contribution in [0, 0.1) is 33.0 Å². The zero-order valence-electron chi connectivity index (χ0n) is 77.2. The van der Waals surface area contributed by atoms with E-state index in [4.69, 9.17) is 95.0 Å². The largest absolute Gasteiger partial charge is 0.463 e. The van der Waals surface area contributed by atoms with Gasteiger partial charge in [0, 0.05) is 45.7 Å². The van der Waals surface area contributed by atoms with Crippen LogP contribution in [0.25, 0.3) is 0 Å². The van der Waals surface area contributed by atoms with Gasteiger partial charge in [0.25, 0.3) is 0 Å². The SMILES string of the molecule is CCC(C)(C)C(=O)OC12CC3CC(OC(C)OC4CCCCC4)(C1)CC(OC(C)OC1CCCCC1)(C3)C2.CCC(C)(C)C(=O)OCCOC(C)OC1CCCCC1.CCCCOC(C)OCCOC(=O)C(C)(C)CC.CCOC(C)OCCOC(=O)C(C)(C)CC.CCOC(C)OOC(COC(=O)C(C)(C)CC)OC(C)OCC. The van der Waals surface area contributed by atoms with E-state index >= 15 is 0 Å². The summed E-state index contributed by atoms with van der Waals surface area (Å²) in [6, 6.07) is 0. The number of esters is 5. The van der Waals surface area contributed by atoms with Gasteiger partial charge in [-0.15, -0.1) is 0 Å². The summed E-state index contributed by atoms with van der Waals surface area (Å²) >= 11 is 0. The van der Waals surface area contributed by atoms with Crippen LogP contribution in [0.2, 0.25) is 0 Å². The van der Waals surface area contributed by atoms with E-state index in [0.717, 1.165) is 116 Å². The van der Waals surface area contributed by atoms with Crippen LogP contribution in [0.5, 0.6) is 0 Å². The second kappa shape index (κ2) is 55.7. The number of hydrogen-bond acceptors (Lipinski definition) is 25. The third-order valence-electron chi connectivity index (χ3n) is 23.1. The molecule has 0 aliphatic heterocycles. The number of unbranched alkanes of at least 4 members (excludes halogenated alkanes) is 1. The molecule has 10 unspecified atom stereocenters. The van der Waals surface area contributed by atoms with E-state index in [9.17, 15) is 24.0 Å². The van der Waals surface area contributed by atoms with Crippen LogP contribution in [0.15, 0.2) is 0 Å². The van der Waals surface area contributed by atoms with Gasteiger partial charge in [0.05, 0.1) is 76.4 Å². The third-order valence-corrected chi connectivity index (χ3v) is 23.1. The van der Waals surface area contributed by atoms with Crippen LogP contribution in [-0.2, 0) is 119 Å². The highest BCUT2D eigenvalue weighted by Gasteiger charge is 2.67. The lowest BCUT2D eigenvalue weighted by Crippen LogP contribution is -2.69. The van der Waals surface area contributed by atoms with E-state index in [2.05, 4.69) is 27.7 Å². The molecule has 0 spiro atoms. The molecule has 0 heterocycles. The van der Waals surface area contributed by atoms with E-state index < -0.39 is 62.7 Å². The first-order valence-electron chi connectivity index (χ1n) is 44.7. The van der Waals surface area contributed by atoms with Crippen LogP contribution in [-0.4, -0.2) is 188 Å². The molecule has 0 saturated heterocycles. The summed E-state index contributed by atoms with van der Waals surface area (Å²) in [4.78, 5) is 70.6. The van der Waals surface area contributed by atoms with Crippen molar-refractivity contribution in [1.29, 1.82) is 0 Å². The number of rotatable bonds is 50. The molecule has 0 radical (unpaired) electrons. The lowest BCUT2D eigenvalue weighted by molar-refractivity contribution is -0.445. The number of carbonyl (C=O) groups excluding carboxylic acids is 5.